The molecule has 0 saturated carbocycles. The van der Waals surface area contributed by atoms with E-state index in [1.165, 1.54) is 0 Å². The Kier molecular flexibility index (Phi) is 2.29. The minimum absolute atomic E-state index is 0.484. The van der Waals surface area contributed by atoms with Crippen molar-refractivity contribution in [2.75, 3.05) is 4.90 Å². The van der Waals surface area contributed by atoms with Crippen LogP contribution in [0.15, 0.2) is 48.5 Å². The molecular formula is C14H11NO2. The summed E-state index contributed by atoms with van der Waals surface area (Å²) in [7, 11) is 0. The van der Waals surface area contributed by atoms with Gasteiger partial charge in [0.25, 0.3) is 0 Å². The lowest BCUT2D eigenvalue weighted by Gasteiger charge is -2.17. The first-order valence-electron chi connectivity index (χ1n) is 5.44. The number of rotatable bonds is 1. The van der Waals surface area contributed by atoms with E-state index in [4.69, 9.17) is 4.74 Å². The highest BCUT2D eigenvalue weighted by Gasteiger charge is 2.20. The molecule has 0 radical (unpaired) electrons. The van der Waals surface area contributed by atoms with Crippen molar-refractivity contribution >= 4 is 17.8 Å². The summed E-state index contributed by atoms with van der Waals surface area (Å²) in [6.07, 6.45) is 0.826. The number of anilines is 2. The highest BCUT2D eigenvalue weighted by molar-refractivity contribution is 5.90. The van der Waals surface area contributed by atoms with Gasteiger partial charge in [0.2, 0.25) is 6.41 Å². The molecule has 0 N–H and O–H groups in total. The molecule has 17 heavy (non-hydrogen) atoms. The van der Waals surface area contributed by atoms with E-state index in [2.05, 4.69) is 0 Å². The van der Waals surface area contributed by atoms with Crippen LogP contribution in [0.5, 0.6) is 5.75 Å². The Morgan fingerprint density at radius 3 is 2.53 bits per heavy atom. The molecule has 3 nitrogen and oxygen atoms in total. The topological polar surface area (TPSA) is 29.5 Å². The van der Waals surface area contributed by atoms with E-state index in [1.54, 1.807) is 4.90 Å². The molecule has 84 valence electrons. The number of carbonyl (C=O) groups is 1. The quantitative estimate of drug-likeness (QED) is 0.698. The second-order valence-corrected chi connectivity index (χ2v) is 3.86. The Morgan fingerprint density at radius 1 is 1.00 bits per heavy atom. The molecule has 0 unspecified atom stereocenters. The summed E-state index contributed by atoms with van der Waals surface area (Å²) in [5.74, 6) is 0.732. The second kappa shape index (κ2) is 3.94. The van der Waals surface area contributed by atoms with Gasteiger partial charge in [0.1, 0.15) is 12.4 Å². The number of nitrogens with zero attached hydrogens (tertiary/aromatic N) is 1. The zero-order chi connectivity index (χ0) is 11.7. The van der Waals surface area contributed by atoms with Gasteiger partial charge >= 0.3 is 0 Å². The molecule has 1 heterocycles. The van der Waals surface area contributed by atoms with Gasteiger partial charge in [0.15, 0.2) is 0 Å². The maximum absolute atomic E-state index is 11.3. The highest BCUT2D eigenvalue weighted by Crippen LogP contribution is 2.37. The first kappa shape index (κ1) is 9.90. The number of carbonyl (C=O) groups excluding carboxylic acids is 1. The molecule has 0 aromatic heterocycles. The molecule has 0 aliphatic carbocycles. The molecule has 1 aliphatic rings. The molecule has 2 aromatic carbocycles. The van der Waals surface area contributed by atoms with Crippen molar-refractivity contribution in [1.82, 2.24) is 0 Å². The summed E-state index contributed by atoms with van der Waals surface area (Å²) in [5.41, 5.74) is 2.68. The fraction of sp³-hybridized carbons (Fsp3) is 0.0714. The first-order chi connectivity index (χ1) is 8.40. The molecule has 1 amide bonds. The summed E-state index contributed by atoms with van der Waals surface area (Å²) in [4.78, 5) is 12.9. The highest BCUT2D eigenvalue weighted by atomic mass is 16.5. The van der Waals surface area contributed by atoms with Crippen LogP contribution in [0.3, 0.4) is 0 Å². The second-order valence-electron chi connectivity index (χ2n) is 3.86. The summed E-state index contributed by atoms with van der Waals surface area (Å²) in [6, 6.07) is 15.3. The Labute approximate surface area is 99.2 Å². The number of hydrogen-bond acceptors (Lipinski definition) is 2. The van der Waals surface area contributed by atoms with E-state index in [9.17, 15) is 4.79 Å². The van der Waals surface area contributed by atoms with E-state index in [-0.39, 0.29) is 0 Å². The summed E-state index contributed by atoms with van der Waals surface area (Å²) in [5, 5.41) is 0. The SMILES string of the molecule is O=CN1c2ccccc2COc2ccccc21. The largest absolute Gasteiger partial charge is 0.487 e. The lowest BCUT2D eigenvalue weighted by atomic mass is 10.1. The van der Waals surface area contributed by atoms with E-state index in [0.29, 0.717) is 6.61 Å². The maximum atomic E-state index is 11.3. The first-order valence-corrected chi connectivity index (χ1v) is 5.44. The van der Waals surface area contributed by atoms with E-state index in [1.807, 2.05) is 48.5 Å². The zero-order valence-corrected chi connectivity index (χ0v) is 9.17. The van der Waals surface area contributed by atoms with E-state index in [0.717, 1.165) is 29.1 Å². The molecule has 3 rings (SSSR count). The van der Waals surface area contributed by atoms with Crippen molar-refractivity contribution in [3.8, 4) is 5.75 Å². The summed E-state index contributed by atoms with van der Waals surface area (Å²) >= 11 is 0. The smallest absolute Gasteiger partial charge is 0.218 e. The number of para-hydroxylation sites is 3. The normalized spacial score (nSPS) is 13.1. The molecular weight excluding hydrogens is 214 g/mol. The van der Waals surface area contributed by atoms with Crippen molar-refractivity contribution in [2.24, 2.45) is 0 Å². The van der Waals surface area contributed by atoms with Gasteiger partial charge in [-0.1, -0.05) is 30.3 Å². The third-order valence-corrected chi connectivity index (χ3v) is 2.86. The fourth-order valence-electron chi connectivity index (χ4n) is 2.04. The number of hydrogen-bond donors (Lipinski definition) is 0. The molecule has 2 aromatic rings. The van der Waals surface area contributed by atoms with Crippen LogP contribution < -0.4 is 9.64 Å². The molecule has 0 spiro atoms. The minimum atomic E-state index is 0.484. The van der Waals surface area contributed by atoms with Crippen molar-refractivity contribution in [2.45, 2.75) is 6.61 Å². The van der Waals surface area contributed by atoms with Crippen LogP contribution >= 0.6 is 0 Å². The maximum Gasteiger partial charge on any atom is 0.218 e. The van der Waals surface area contributed by atoms with Gasteiger partial charge in [0.05, 0.1) is 11.4 Å². The Hall–Kier alpha value is -2.29. The van der Waals surface area contributed by atoms with Gasteiger partial charge < -0.3 is 4.74 Å². The van der Waals surface area contributed by atoms with E-state index >= 15 is 0 Å². The number of ether oxygens (including phenoxy) is 1. The molecule has 1 aliphatic heterocycles. The van der Waals surface area contributed by atoms with Gasteiger partial charge in [-0.15, -0.1) is 0 Å². The van der Waals surface area contributed by atoms with Crippen molar-refractivity contribution < 1.29 is 9.53 Å². The van der Waals surface area contributed by atoms with Gasteiger partial charge in [-0.05, 0) is 18.2 Å². The number of benzene rings is 2. The summed E-state index contributed by atoms with van der Waals surface area (Å²) < 4.78 is 5.71. The molecule has 0 atom stereocenters. The average molecular weight is 225 g/mol. The van der Waals surface area contributed by atoms with Crippen LogP contribution in [0.2, 0.25) is 0 Å². The summed E-state index contributed by atoms with van der Waals surface area (Å²) in [6.45, 7) is 0.484. The monoisotopic (exact) mass is 225 g/mol. The van der Waals surface area contributed by atoms with Crippen molar-refractivity contribution in [3.63, 3.8) is 0 Å². The number of fused-ring (bicyclic) bond motifs is 2. The predicted octanol–water partition coefficient (Wildman–Crippen LogP) is 2.87. The fourth-order valence-corrected chi connectivity index (χ4v) is 2.04. The Balaban J connectivity index is 2.22. The van der Waals surface area contributed by atoms with Gasteiger partial charge in [0, 0.05) is 5.56 Å². The third kappa shape index (κ3) is 1.56. The van der Waals surface area contributed by atoms with Crippen LogP contribution in [0.4, 0.5) is 11.4 Å². The van der Waals surface area contributed by atoms with Gasteiger partial charge in [-0.25, -0.2) is 0 Å². The molecule has 0 bridgehead atoms. The minimum Gasteiger partial charge on any atom is -0.487 e. The molecule has 0 fully saturated rings. The van der Waals surface area contributed by atoms with Crippen LogP contribution in [0.25, 0.3) is 0 Å². The molecule has 3 heteroatoms. The van der Waals surface area contributed by atoms with Crippen molar-refractivity contribution in [3.05, 3.63) is 54.1 Å². The van der Waals surface area contributed by atoms with E-state index < -0.39 is 0 Å². The Bertz CT molecular complexity index is 518. The predicted molar refractivity (Wildman–Crippen MR) is 65.4 cm³/mol. The van der Waals surface area contributed by atoms with Crippen LogP contribution in [-0.4, -0.2) is 6.41 Å². The zero-order valence-electron chi connectivity index (χ0n) is 9.17. The standard InChI is InChI=1S/C14H11NO2/c16-10-15-12-6-2-1-5-11(12)9-17-14-8-4-3-7-13(14)15/h1-8,10H,9H2. The Morgan fingerprint density at radius 2 is 1.71 bits per heavy atom. The molecule has 0 saturated heterocycles. The number of amides is 1. The van der Waals surface area contributed by atoms with Crippen LogP contribution in [0.1, 0.15) is 5.56 Å². The lowest BCUT2D eigenvalue weighted by Crippen LogP contribution is -2.14. The van der Waals surface area contributed by atoms with Crippen LogP contribution in [-0.2, 0) is 11.4 Å². The van der Waals surface area contributed by atoms with Crippen LogP contribution in [0, 0.1) is 0 Å². The van der Waals surface area contributed by atoms with Crippen molar-refractivity contribution in [1.29, 1.82) is 0 Å². The van der Waals surface area contributed by atoms with Gasteiger partial charge in [-0.3, -0.25) is 9.69 Å². The average Bonchev–Trinajstić information content (AvgIpc) is 2.55. The third-order valence-electron chi connectivity index (χ3n) is 2.86. The van der Waals surface area contributed by atoms with Gasteiger partial charge in [-0.2, -0.15) is 0 Å². The lowest BCUT2D eigenvalue weighted by molar-refractivity contribution is -0.106.